The molecule has 2 aromatic heterocycles. The van der Waals surface area contributed by atoms with Crippen LogP contribution in [0, 0.1) is 0 Å². The molecule has 0 aliphatic heterocycles. The number of aromatic nitrogens is 2. The van der Waals surface area contributed by atoms with Gasteiger partial charge in [-0.3, -0.25) is 9.69 Å². The molecule has 1 N–H and O–H groups in total. The van der Waals surface area contributed by atoms with E-state index in [2.05, 4.69) is 32.4 Å². The number of rotatable bonds is 5. The number of nitrogens with one attached hydrogen (secondary N) is 1. The summed E-state index contributed by atoms with van der Waals surface area (Å²) in [5.74, 6) is 0.757. The molecule has 0 amide bonds. The highest BCUT2D eigenvalue weighted by Gasteiger charge is 2.29. The molecule has 1 aliphatic carbocycles. The molecule has 0 radical (unpaired) electrons. The van der Waals surface area contributed by atoms with E-state index in [0.29, 0.717) is 18.0 Å². The minimum absolute atomic E-state index is 0.0486. The highest BCUT2D eigenvalue weighted by atomic mass is 32.1. The monoisotopic (exact) mass is 311 g/mol. The lowest BCUT2D eigenvalue weighted by Gasteiger charge is -2.20. The molecule has 0 spiro atoms. The predicted molar refractivity (Wildman–Crippen MR) is 89.0 cm³/mol. The predicted octanol–water partition coefficient (Wildman–Crippen LogP) is 3.15. The van der Waals surface area contributed by atoms with E-state index in [-0.39, 0.29) is 5.56 Å². The Kier molecular flexibility index (Phi) is 3.52. The zero-order chi connectivity index (χ0) is 14.9. The number of thiophene rings is 1. The lowest BCUT2D eigenvalue weighted by atomic mass is 10.2. The van der Waals surface area contributed by atoms with Crippen molar-refractivity contribution in [2.75, 3.05) is 0 Å². The lowest BCUT2D eigenvalue weighted by Crippen LogP contribution is -2.27. The summed E-state index contributed by atoms with van der Waals surface area (Å²) in [4.78, 5) is 23.5. The van der Waals surface area contributed by atoms with Crippen LogP contribution in [0.15, 0.2) is 46.6 Å². The number of aromatic amines is 1. The van der Waals surface area contributed by atoms with Gasteiger partial charge < -0.3 is 4.98 Å². The molecule has 0 saturated heterocycles. The van der Waals surface area contributed by atoms with Gasteiger partial charge in [0.25, 0.3) is 5.56 Å². The van der Waals surface area contributed by atoms with Gasteiger partial charge >= 0.3 is 0 Å². The summed E-state index contributed by atoms with van der Waals surface area (Å²) in [5, 5.41) is 2.76. The molecule has 1 aromatic carbocycles. The minimum atomic E-state index is -0.0486. The van der Waals surface area contributed by atoms with Gasteiger partial charge in [-0.15, -0.1) is 11.3 Å². The van der Waals surface area contributed by atoms with Gasteiger partial charge in [0.2, 0.25) is 0 Å². The average molecular weight is 311 g/mol. The molecule has 112 valence electrons. The normalized spacial score (nSPS) is 14.8. The second-order valence-corrected chi connectivity index (χ2v) is 6.78. The van der Waals surface area contributed by atoms with Crippen LogP contribution >= 0.6 is 11.3 Å². The first-order valence-electron chi connectivity index (χ1n) is 7.54. The fraction of sp³-hybridized carbons (Fsp3) is 0.294. The molecule has 22 heavy (non-hydrogen) atoms. The van der Waals surface area contributed by atoms with E-state index in [0.717, 1.165) is 17.9 Å². The summed E-state index contributed by atoms with van der Waals surface area (Å²) in [5.41, 5.74) is 0.723. The second kappa shape index (κ2) is 5.66. The highest BCUT2D eigenvalue weighted by Crippen LogP contribution is 2.30. The van der Waals surface area contributed by atoms with Crippen LogP contribution in [0.2, 0.25) is 0 Å². The maximum Gasteiger partial charge on any atom is 0.258 e. The van der Waals surface area contributed by atoms with Crippen molar-refractivity contribution in [1.82, 2.24) is 14.9 Å². The van der Waals surface area contributed by atoms with Crippen LogP contribution in [0.3, 0.4) is 0 Å². The number of fused-ring (bicyclic) bond motifs is 1. The fourth-order valence-corrected chi connectivity index (χ4v) is 3.49. The lowest BCUT2D eigenvalue weighted by molar-refractivity contribution is 0.241. The van der Waals surface area contributed by atoms with Crippen molar-refractivity contribution in [2.24, 2.45) is 0 Å². The van der Waals surface area contributed by atoms with Crippen LogP contribution in [0.1, 0.15) is 23.5 Å². The fourth-order valence-electron chi connectivity index (χ4n) is 2.76. The molecular formula is C17H17N3OS. The van der Waals surface area contributed by atoms with E-state index < -0.39 is 0 Å². The highest BCUT2D eigenvalue weighted by molar-refractivity contribution is 7.09. The maximum absolute atomic E-state index is 12.2. The van der Waals surface area contributed by atoms with Crippen molar-refractivity contribution in [3.8, 4) is 0 Å². The number of H-pyrrole nitrogens is 1. The van der Waals surface area contributed by atoms with Crippen molar-refractivity contribution < 1.29 is 0 Å². The van der Waals surface area contributed by atoms with Crippen molar-refractivity contribution in [3.63, 3.8) is 0 Å². The maximum atomic E-state index is 12.2. The Morgan fingerprint density at radius 2 is 2.05 bits per heavy atom. The van der Waals surface area contributed by atoms with E-state index in [4.69, 9.17) is 0 Å². The molecule has 4 nitrogen and oxygen atoms in total. The molecule has 4 rings (SSSR count). The van der Waals surface area contributed by atoms with Crippen LogP contribution in [0.5, 0.6) is 0 Å². The number of para-hydroxylation sites is 1. The first kappa shape index (κ1) is 13.7. The third kappa shape index (κ3) is 2.82. The van der Waals surface area contributed by atoms with Gasteiger partial charge in [0, 0.05) is 17.5 Å². The van der Waals surface area contributed by atoms with E-state index in [1.165, 1.54) is 17.7 Å². The summed E-state index contributed by atoms with van der Waals surface area (Å²) >= 11 is 1.78. The summed E-state index contributed by atoms with van der Waals surface area (Å²) in [7, 11) is 0. The van der Waals surface area contributed by atoms with E-state index in [1.54, 1.807) is 11.3 Å². The van der Waals surface area contributed by atoms with Crippen molar-refractivity contribution in [3.05, 3.63) is 62.8 Å². The largest absolute Gasteiger partial charge is 0.309 e. The number of nitrogens with zero attached hydrogens (tertiary/aromatic N) is 2. The van der Waals surface area contributed by atoms with Crippen LogP contribution in [-0.4, -0.2) is 20.9 Å². The molecule has 0 unspecified atom stereocenters. The SMILES string of the molecule is O=c1[nH]c(CN(Cc2cccs2)C2CC2)nc2ccccc12. The van der Waals surface area contributed by atoms with Crippen molar-refractivity contribution >= 4 is 22.2 Å². The molecule has 5 heteroatoms. The Morgan fingerprint density at radius 1 is 1.18 bits per heavy atom. The zero-order valence-electron chi connectivity index (χ0n) is 12.2. The molecule has 1 fully saturated rings. The van der Waals surface area contributed by atoms with Gasteiger partial charge in [-0.25, -0.2) is 4.98 Å². The van der Waals surface area contributed by atoms with Crippen LogP contribution in [-0.2, 0) is 13.1 Å². The Morgan fingerprint density at radius 3 is 2.82 bits per heavy atom. The minimum Gasteiger partial charge on any atom is -0.309 e. The van der Waals surface area contributed by atoms with Crippen molar-refractivity contribution in [2.45, 2.75) is 32.0 Å². The Bertz CT molecular complexity index is 836. The molecule has 1 aliphatic rings. The van der Waals surface area contributed by atoms with Crippen LogP contribution < -0.4 is 5.56 Å². The Labute approximate surface area is 132 Å². The van der Waals surface area contributed by atoms with Crippen molar-refractivity contribution in [1.29, 1.82) is 0 Å². The molecular weight excluding hydrogens is 294 g/mol. The van der Waals surface area contributed by atoms with E-state index in [9.17, 15) is 4.79 Å². The van der Waals surface area contributed by atoms with E-state index >= 15 is 0 Å². The first-order valence-corrected chi connectivity index (χ1v) is 8.42. The van der Waals surface area contributed by atoms with Gasteiger partial charge in [0.1, 0.15) is 5.82 Å². The molecule has 1 saturated carbocycles. The van der Waals surface area contributed by atoms with Gasteiger partial charge in [-0.2, -0.15) is 0 Å². The quantitative estimate of drug-likeness (QED) is 0.787. The Hall–Kier alpha value is -1.98. The summed E-state index contributed by atoms with van der Waals surface area (Å²) in [6.07, 6.45) is 2.48. The summed E-state index contributed by atoms with van der Waals surface area (Å²) in [6.45, 7) is 1.63. The molecule has 0 bridgehead atoms. The van der Waals surface area contributed by atoms with Crippen LogP contribution in [0.25, 0.3) is 10.9 Å². The summed E-state index contributed by atoms with van der Waals surface area (Å²) in [6, 6.07) is 12.4. The number of hydrogen-bond donors (Lipinski definition) is 1. The third-order valence-electron chi connectivity index (χ3n) is 4.02. The Balaban J connectivity index is 1.62. The molecule has 2 heterocycles. The number of hydrogen-bond acceptors (Lipinski definition) is 4. The standard InChI is InChI=1S/C17H17N3OS/c21-17-14-5-1-2-6-15(14)18-16(19-17)11-20(12-7-8-12)10-13-4-3-9-22-13/h1-6,9,12H,7-8,10-11H2,(H,18,19,21). The molecule has 0 atom stereocenters. The van der Waals surface area contributed by atoms with Gasteiger partial charge in [0.05, 0.1) is 17.4 Å². The van der Waals surface area contributed by atoms with Gasteiger partial charge in [0.15, 0.2) is 0 Å². The zero-order valence-corrected chi connectivity index (χ0v) is 13.0. The summed E-state index contributed by atoms with van der Waals surface area (Å²) < 4.78 is 0. The average Bonchev–Trinajstić information content (AvgIpc) is 3.25. The second-order valence-electron chi connectivity index (χ2n) is 5.75. The smallest absolute Gasteiger partial charge is 0.258 e. The third-order valence-corrected chi connectivity index (χ3v) is 4.88. The van der Waals surface area contributed by atoms with E-state index in [1.807, 2.05) is 24.3 Å². The van der Waals surface area contributed by atoms with Gasteiger partial charge in [-0.1, -0.05) is 18.2 Å². The van der Waals surface area contributed by atoms with Gasteiger partial charge in [-0.05, 0) is 36.4 Å². The topological polar surface area (TPSA) is 49.0 Å². The number of benzene rings is 1. The van der Waals surface area contributed by atoms with Crippen LogP contribution in [0.4, 0.5) is 0 Å². The molecule has 3 aromatic rings. The first-order chi connectivity index (χ1) is 10.8.